The Labute approximate surface area is 226 Å². The number of aromatic nitrogens is 2. The summed E-state index contributed by atoms with van der Waals surface area (Å²) < 4.78 is 50.4. The van der Waals surface area contributed by atoms with Gasteiger partial charge >= 0.3 is 5.69 Å². The fourth-order valence-corrected chi connectivity index (χ4v) is 6.96. The van der Waals surface area contributed by atoms with E-state index in [1.54, 1.807) is 6.07 Å². The predicted molar refractivity (Wildman–Crippen MR) is 143 cm³/mol. The van der Waals surface area contributed by atoms with Crippen LogP contribution in [0.1, 0.15) is 13.0 Å². The van der Waals surface area contributed by atoms with Crippen LogP contribution in [0.15, 0.2) is 40.5 Å². The molecule has 2 aliphatic rings. The average Bonchev–Trinajstić information content (AvgIpc) is 2.87. The van der Waals surface area contributed by atoms with Gasteiger partial charge in [0.1, 0.15) is 29.5 Å². The molecule has 0 aliphatic carbocycles. The number of halogens is 4. The van der Waals surface area contributed by atoms with Gasteiger partial charge in [0.05, 0.1) is 28.8 Å². The molecule has 3 aromatic rings. The Bertz CT molecular complexity index is 1460. The van der Waals surface area contributed by atoms with Crippen molar-refractivity contribution in [2.75, 3.05) is 44.0 Å². The number of nitrogens with zero attached hydrogens (tertiary/aromatic N) is 4. The van der Waals surface area contributed by atoms with Crippen molar-refractivity contribution in [1.29, 1.82) is 0 Å². The van der Waals surface area contributed by atoms with E-state index < -0.39 is 34.9 Å². The Balaban J connectivity index is 1.76. The number of rotatable bonds is 6. The van der Waals surface area contributed by atoms with Gasteiger partial charge in [-0.1, -0.05) is 18.2 Å². The van der Waals surface area contributed by atoms with E-state index in [4.69, 9.17) is 16.3 Å². The number of anilines is 1. The van der Waals surface area contributed by atoms with Gasteiger partial charge in [0.25, 0.3) is 0 Å². The van der Waals surface area contributed by atoms with Crippen LogP contribution in [0, 0.1) is 17.5 Å². The molecule has 1 N–H and O–H groups in total. The van der Waals surface area contributed by atoms with Crippen molar-refractivity contribution < 1.29 is 23.0 Å². The average molecular weight is 567 g/mol. The first kappa shape index (κ1) is 27.0. The molecule has 1 fully saturated rings. The van der Waals surface area contributed by atoms with E-state index in [1.165, 1.54) is 29.5 Å². The second-order valence-corrected chi connectivity index (χ2v) is 10.8. The van der Waals surface area contributed by atoms with E-state index in [9.17, 15) is 23.1 Å². The fraction of sp³-hybridized carbons (Fsp3) is 0.385. The van der Waals surface area contributed by atoms with E-state index in [2.05, 4.69) is 11.6 Å². The number of hydrogen-bond donors (Lipinski definition) is 1. The number of thioether (sulfide) groups is 1. The van der Waals surface area contributed by atoms with E-state index in [0.717, 1.165) is 0 Å². The highest BCUT2D eigenvalue weighted by Crippen LogP contribution is 2.48. The number of aliphatic hydroxyl groups is 1. The summed E-state index contributed by atoms with van der Waals surface area (Å²) in [5.74, 6) is -2.44. The molecular weight excluding hydrogens is 541 g/mol. The maximum absolute atomic E-state index is 15.0. The first-order valence-corrected chi connectivity index (χ1v) is 13.4. The fourth-order valence-electron chi connectivity index (χ4n) is 5.30. The summed E-state index contributed by atoms with van der Waals surface area (Å²) in [5, 5.41) is 10.8. The van der Waals surface area contributed by atoms with E-state index in [-0.39, 0.29) is 29.3 Å². The molecule has 1 saturated heterocycles. The van der Waals surface area contributed by atoms with Crippen molar-refractivity contribution >= 4 is 40.1 Å². The molecule has 2 aromatic carbocycles. The number of methoxy groups -OCH3 is 1. The maximum atomic E-state index is 15.0. The molecular formula is C26H26ClF3N4O3S. The lowest BCUT2D eigenvalue weighted by molar-refractivity contribution is 0.0296. The summed E-state index contributed by atoms with van der Waals surface area (Å²) in [6.07, 6.45) is 0.663. The van der Waals surface area contributed by atoms with E-state index >= 15 is 0 Å². The minimum absolute atomic E-state index is 0.0521. The minimum Gasteiger partial charge on any atom is -0.383 e. The molecule has 5 rings (SSSR count). The highest BCUT2D eigenvalue weighted by Gasteiger charge is 2.34. The Morgan fingerprint density at radius 1 is 1.26 bits per heavy atom. The number of piperazine rings is 1. The molecule has 202 valence electrons. The highest BCUT2D eigenvalue weighted by atomic mass is 35.5. The molecule has 0 amide bonds. The Morgan fingerprint density at radius 3 is 2.61 bits per heavy atom. The van der Waals surface area contributed by atoms with Crippen LogP contribution in [0.2, 0.25) is 5.02 Å². The largest absolute Gasteiger partial charge is 0.383 e. The van der Waals surface area contributed by atoms with E-state index in [1.807, 2.05) is 16.7 Å². The molecule has 3 heterocycles. The Kier molecular flexibility index (Phi) is 7.49. The summed E-state index contributed by atoms with van der Waals surface area (Å²) in [6, 6.07) is 2.27. The van der Waals surface area contributed by atoms with Gasteiger partial charge in [-0.3, -0.25) is 9.47 Å². The van der Waals surface area contributed by atoms with Crippen molar-refractivity contribution in [1.82, 2.24) is 14.5 Å². The molecule has 0 radical (unpaired) electrons. The first-order chi connectivity index (χ1) is 18.2. The molecule has 2 aliphatic heterocycles. The van der Waals surface area contributed by atoms with Gasteiger partial charge in [0, 0.05) is 66.5 Å². The van der Waals surface area contributed by atoms with Gasteiger partial charge in [0.2, 0.25) is 0 Å². The highest BCUT2D eigenvalue weighted by molar-refractivity contribution is 7.99. The zero-order chi connectivity index (χ0) is 27.3. The third kappa shape index (κ3) is 4.50. The summed E-state index contributed by atoms with van der Waals surface area (Å²) in [4.78, 5) is 22.2. The van der Waals surface area contributed by atoms with E-state index in [0.29, 0.717) is 59.1 Å². The standard InChI is InChI=1S/C26H26ClF3N4O3S/c1-4-20(35)32-5-6-33(13(2)10-32)25-16-9-17(27)21(22-18(29)7-14(28)8-19(22)30)24-23(16)34(26(36)31-25)15(11-37-3)12-38-24/h4,7-9,13,15,20,35H,1,5-6,10-12H2,2-3H3/t13-,15+,20?/m0/s1. The first-order valence-electron chi connectivity index (χ1n) is 12.0. The SMILES string of the molecule is C=CC(O)N1CCN(c2nc(=O)n3c4c(c(-c5c(F)cc(F)cc5F)c(Cl)cc24)SC[C@H]3COC)[C@@H](C)C1. The van der Waals surface area contributed by atoms with Crippen LogP contribution in [-0.2, 0) is 4.74 Å². The van der Waals surface area contributed by atoms with Gasteiger partial charge in [0.15, 0.2) is 0 Å². The zero-order valence-electron chi connectivity index (χ0n) is 20.8. The van der Waals surface area contributed by atoms with Crippen LogP contribution in [-0.4, -0.2) is 70.9 Å². The van der Waals surface area contributed by atoms with Crippen LogP contribution in [0.3, 0.4) is 0 Å². The predicted octanol–water partition coefficient (Wildman–Crippen LogP) is 4.44. The number of hydrogen-bond acceptors (Lipinski definition) is 7. The molecule has 38 heavy (non-hydrogen) atoms. The normalized spacial score (nSPS) is 20.7. The maximum Gasteiger partial charge on any atom is 0.350 e. The third-order valence-corrected chi connectivity index (χ3v) is 8.55. The van der Waals surface area contributed by atoms with Crippen molar-refractivity contribution in [3.8, 4) is 11.1 Å². The van der Waals surface area contributed by atoms with Gasteiger partial charge in [-0.25, -0.2) is 18.0 Å². The zero-order valence-corrected chi connectivity index (χ0v) is 22.3. The Morgan fingerprint density at radius 2 is 1.97 bits per heavy atom. The lowest BCUT2D eigenvalue weighted by Crippen LogP contribution is -2.55. The van der Waals surface area contributed by atoms with Crippen LogP contribution >= 0.6 is 23.4 Å². The second-order valence-electron chi connectivity index (χ2n) is 9.40. The topological polar surface area (TPSA) is 70.8 Å². The summed E-state index contributed by atoms with van der Waals surface area (Å²) in [5.41, 5.74) is -0.470. The molecule has 0 spiro atoms. The van der Waals surface area contributed by atoms with Gasteiger partial charge < -0.3 is 14.7 Å². The number of aliphatic hydroxyl groups excluding tert-OH is 1. The van der Waals surface area contributed by atoms with Crippen molar-refractivity contribution in [3.05, 3.63) is 63.8 Å². The van der Waals surface area contributed by atoms with Gasteiger partial charge in [-0.15, -0.1) is 11.8 Å². The van der Waals surface area contributed by atoms with Crippen molar-refractivity contribution in [2.24, 2.45) is 0 Å². The number of benzene rings is 2. The van der Waals surface area contributed by atoms with Crippen molar-refractivity contribution in [3.63, 3.8) is 0 Å². The summed E-state index contributed by atoms with van der Waals surface area (Å²) in [7, 11) is 1.53. The van der Waals surface area contributed by atoms with Crippen LogP contribution < -0.4 is 10.6 Å². The Hall–Kier alpha value is -2.57. The molecule has 0 saturated carbocycles. The molecule has 1 unspecified atom stereocenters. The summed E-state index contributed by atoms with van der Waals surface area (Å²) >= 11 is 8.01. The third-order valence-electron chi connectivity index (χ3n) is 7.01. The molecule has 1 aromatic heterocycles. The molecule has 7 nitrogen and oxygen atoms in total. The molecule has 0 bridgehead atoms. The molecule has 3 atom stereocenters. The van der Waals surface area contributed by atoms with Crippen molar-refractivity contribution in [2.45, 2.75) is 30.1 Å². The molecule has 12 heteroatoms. The van der Waals surface area contributed by atoms with Crippen LogP contribution in [0.25, 0.3) is 22.0 Å². The quantitative estimate of drug-likeness (QED) is 0.442. The van der Waals surface area contributed by atoms with Crippen LogP contribution in [0.4, 0.5) is 19.0 Å². The number of ether oxygens (including phenoxy) is 1. The van der Waals surface area contributed by atoms with Crippen LogP contribution in [0.5, 0.6) is 0 Å². The minimum atomic E-state index is -1.09. The summed E-state index contributed by atoms with van der Waals surface area (Å²) in [6.45, 7) is 7.28. The lowest BCUT2D eigenvalue weighted by atomic mass is 10.0. The lowest BCUT2D eigenvalue weighted by Gasteiger charge is -2.42. The van der Waals surface area contributed by atoms with Gasteiger partial charge in [-0.2, -0.15) is 4.98 Å². The second kappa shape index (κ2) is 10.5. The smallest absolute Gasteiger partial charge is 0.350 e. The van der Waals surface area contributed by atoms with Gasteiger partial charge in [-0.05, 0) is 19.1 Å². The monoisotopic (exact) mass is 566 g/mol.